The third-order valence-electron chi connectivity index (χ3n) is 5.00. The molecule has 1 saturated heterocycles. The van der Waals surface area contributed by atoms with Crippen molar-refractivity contribution in [2.45, 2.75) is 40.2 Å². The zero-order valence-electron chi connectivity index (χ0n) is 15.6. The van der Waals surface area contributed by atoms with E-state index in [4.69, 9.17) is 0 Å². The number of rotatable bonds is 5. The van der Waals surface area contributed by atoms with E-state index in [0.717, 1.165) is 61.8 Å². The highest BCUT2D eigenvalue weighted by Crippen LogP contribution is 2.16. The van der Waals surface area contributed by atoms with Gasteiger partial charge >= 0.3 is 0 Å². The van der Waals surface area contributed by atoms with E-state index in [1.165, 1.54) is 5.01 Å². The second kappa shape index (κ2) is 7.66. The van der Waals surface area contributed by atoms with Crippen molar-refractivity contribution in [2.75, 3.05) is 26.2 Å². The van der Waals surface area contributed by atoms with E-state index in [-0.39, 0.29) is 5.91 Å². The molecule has 0 saturated carbocycles. The molecule has 1 aliphatic heterocycles. The molecule has 0 unspecified atom stereocenters. The van der Waals surface area contributed by atoms with Gasteiger partial charge in [0.25, 0.3) is 0 Å². The number of hydrogen-bond donors (Lipinski definition) is 0. The molecule has 1 amide bonds. The predicted molar refractivity (Wildman–Crippen MR) is 99.7 cm³/mol. The molecule has 0 spiro atoms. The Labute approximate surface area is 153 Å². The summed E-state index contributed by atoms with van der Waals surface area (Å²) in [5.74, 6) is 0.209. The summed E-state index contributed by atoms with van der Waals surface area (Å²) in [4.78, 5) is 21.7. The lowest BCUT2D eigenvalue weighted by Crippen LogP contribution is -2.48. The maximum atomic E-state index is 12.6. The Kier molecular flexibility index (Phi) is 5.54. The maximum Gasteiger partial charge on any atom is 0.227 e. The average Bonchev–Trinajstić information content (AvgIpc) is 3.15. The van der Waals surface area contributed by atoms with Gasteiger partial charge in [-0.1, -0.05) is 6.92 Å². The van der Waals surface area contributed by atoms with Crippen LogP contribution in [0.15, 0.2) is 5.38 Å². The first-order chi connectivity index (χ1) is 12.0. The van der Waals surface area contributed by atoms with Gasteiger partial charge in [0.2, 0.25) is 5.91 Å². The van der Waals surface area contributed by atoms with Gasteiger partial charge in [-0.2, -0.15) is 5.10 Å². The van der Waals surface area contributed by atoms with E-state index in [1.807, 2.05) is 30.5 Å². The highest BCUT2D eigenvalue weighted by molar-refractivity contribution is 7.09. The molecule has 0 atom stereocenters. The second-order valence-corrected chi connectivity index (χ2v) is 7.64. The largest absolute Gasteiger partial charge is 0.340 e. The van der Waals surface area contributed by atoms with Gasteiger partial charge < -0.3 is 4.90 Å². The Balaban J connectivity index is 1.52. The number of piperazine rings is 1. The molecule has 1 aliphatic rings. The summed E-state index contributed by atoms with van der Waals surface area (Å²) in [6, 6.07) is 0. The van der Waals surface area contributed by atoms with Crippen molar-refractivity contribution in [3.8, 4) is 0 Å². The van der Waals surface area contributed by atoms with Crippen LogP contribution in [-0.4, -0.2) is 56.7 Å². The van der Waals surface area contributed by atoms with Crippen LogP contribution in [0.3, 0.4) is 0 Å². The van der Waals surface area contributed by atoms with E-state index in [1.54, 1.807) is 11.3 Å². The van der Waals surface area contributed by atoms with E-state index in [2.05, 4.69) is 27.3 Å². The summed E-state index contributed by atoms with van der Waals surface area (Å²) in [7, 11) is 1.93. The quantitative estimate of drug-likeness (QED) is 0.817. The monoisotopic (exact) mass is 361 g/mol. The first-order valence-electron chi connectivity index (χ1n) is 8.90. The fourth-order valence-corrected chi connectivity index (χ4v) is 4.04. The maximum absolute atomic E-state index is 12.6. The van der Waals surface area contributed by atoms with Crippen LogP contribution in [0.2, 0.25) is 0 Å². The summed E-state index contributed by atoms with van der Waals surface area (Å²) >= 11 is 1.74. The van der Waals surface area contributed by atoms with Gasteiger partial charge in [-0.3, -0.25) is 14.4 Å². The number of amides is 1. The lowest BCUT2D eigenvalue weighted by atomic mass is 10.1. The van der Waals surface area contributed by atoms with Crippen LogP contribution in [0.25, 0.3) is 0 Å². The molecular weight excluding hydrogens is 334 g/mol. The molecule has 136 valence electrons. The summed E-state index contributed by atoms with van der Waals surface area (Å²) in [6.07, 6.45) is 1.46. The standard InChI is InChI=1S/C18H27N5OS/c1-5-17-19-15(12-25-17)11-22-6-8-23(9-7-22)18(24)10-16-13(2)20-21(4)14(16)3/h12H,5-11H2,1-4H3. The number of carbonyl (C=O) groups is 1. The SMILES string of the molecule is CCc1nc(CN2CCN(C(=O)Cc3c(C)nn(C)c3C)CC2)cs1. The first-order valence-corrected chi connectivity index (χ1v) is 9.78. The normalized spacial score (nSPS) is 15.8. The molecule has 3 rings (SSSR count). The van der Waals surface area contributed by atoms with Crippen molar-refractivity contribution >= 4 is 17.2 Å². The van der Waals surface area contributed by atoms with Gasteiger partial charge in [0, 0.05) is 56.4 Å². The summed E-state index contributed by atoms with van der Waals surface area (Å²) in [6.45, 7) is 10.4. The molecule has 6 nitrogen and oxygen atoms in total. The lowest BCUT2D eigenvalue weighted by Gasteiger charge is -2.34. The van der Waals surface area contributed by atoms with E-state index in [0.29, 0.717) is 6.42 Å². The van der Waals surface area contributed by atoms with Crippen molar-refractivity contribution in [3.63, 3.8) is 0 Å². The number of nitrogens with zero attached hydrogens (tertiary/aromatic N) is 5. The van der Waals surface area contributed by atoms with Crippen molar-refractivity contribution in [1.29, 1.82) is 0 Å². The third-order valence-corrected chi connectivity index (χ3v) is 6.04. The smallest absolute Gasteiger partial charge is 0.227 e. The second-order valence-electron chi connectivity index (χ2n) is 6.69. The van der Waals surface area contributed by atoms with E-state index < -0.39 is 0 Å². The van der Waals surface area contributed by atoms with Crippen LogP contribution in [-0.2, 0) is 31.2 Å². The van der Waals surface area contributed by atoms with Crippen LogP contribution >= 0.6 is 11.3 Å². The Hall–Kier alpha value is -1.73. The van der Waals surface area contributed by atoms with Gasteiger partial charge in [0.15, 0.2) is 0 Å². The highest BCUT2D eigenvalue weighted by Gasteiger charge is 2.23. The zero-order valence-corrected chi connectivity index (χ0v) is 16.4. The van der Waals surface area contributed by atoms with E-state index >= 15 is 0 Å². The number of carbonyl (C=O) groups excluding carboxylic acids is 1. The molecule has 3 heterocycles. The Morgan fingerprint density at radius 1 is 1.24 bits per heavy atom. The van der Waals surface area contributed by atoms with Gasteiger partial charge in [-0.15, -0.1) is 11.3 Å². The number of aryl methyl sites for hydroxylation is 3. The minimum absolute atomic E-state index is 0.209. The number of aromatic nitrogens is 3. The molecule has 0 N–H and O–H groups in total. The fraction of sp³-hybridized carbons (Fsp3) is 0.611. The zero-order chi connectivity index (χ0) is 18.0. The lowest BCUT2D eigenvalue weighted by molar-refractivity contribution is -0.132. The molecule has 0 aliphatic carbocycles. The topological polar surface area (TPSA) is 54.3 Å². The predicted octanol–water partition coefficient (Wildman–Crippen LogP) is 1.94. The van der Waals surface area contributed by atoms with Gasteiger partial charge in [0.1, 0.15) is 0 Å². The van der Waals surface area contributed by atoms with Gasteiger partial charge in [0.05, 0.1) is 22.8 Å². The van der Waals surface area contributed by atoms with Crippen LogP contribution in [0, 0.1) is 13.8 Å². The van der Waals surface area contributed by atoms with Crippen LogP contribution in [0.5, 0.6) is 0 Å². The molecule has 25 heavy (non-hydrogen) atoms. The molecule has 2 aromatic heterocycles. The molecule has 0 bridgehead atoms. The van der Waals surface area contributed by atoms with Gasteiger partial charge in [-0.25, -0.2) is 4.98 Å². The fourth-order valence-electron chi connectivity index (χ4n) is 3.30. The van der Waals surface area contributed by atoms with Crippen molar-refractivity contribution in [3.05, 3.63) is 33.0 Å². The van der Waals surface area contributed by atoms with Crippen LogP contribution in [0.4, 0.5) is 0 Å². The molecule has 2 aromatic rings. The Morgan fingerprint density at radius 3 is 2.52 bits per heavy atom. The number of thiazole rings is 1. The van der Waals surface area contributed by atoms with Gasteiger partial charge in [-0.05, 0) is 20.3 Å². The van der Waals surface area contributed by atoms with Crippen molar-refractivity contribution in [1.82, 2.24) is 24.6 Å². The first kappa shape index (κ1) is 18.1. The summed E-state index contributed by atoms with van der Waals surface area (Å²) in [5.41, 5.74) is 4.27. The number of hydrogen-bond acceptors (Lipinski definition) is 5. The highest BCUT2D eigenvalue weighted by atomic mass is 32.1. The average molecular weight is 362 g/mol. The molecule has 0 radical (unpaired) electrons. The van der Waals surface area contributed by atoms with Crippen molar-refractivity contribution in [2.24, 2.45) is 7.05 Å². The third kappa shape index (κ3) is 4.10. The molecule has 7 heteroatoms. The molecular formula is C18H27N5OS. The van der Waals surface area contributed by atoms with Crippen LogP contribution < -0.4 is 0 Å². The Bertz CT molecular complexity index is 743. The molecule has 0 aromatic carbocycles. The molecule has 1 fully saturated rings. The summed E-state index contributed by atoms with van der Waals surface area (Å²) in [5, 5.41) is 7.77. The van der Waals surface area contributed by atoms with Crippen LogP contribution in [0.1, 0.15) is 34.6 Å². The minimum atomic E-state index is 0.209. The van der Waals surface area contributed by atoms with E-state index in [9.17, 15) is 4.79 Å². The summed E-state index contributed by atoms with van der Waals surface area (Å²) < 4.78 is 1.86. The Morgan fingerprint density at radius 2 is 1.96 bits per heavy atom. The minimum Gasteiger partial charge on any atom is -0.340 e. The van der Waals surface area contributed by atoms with Crippen molar-refractivity contribution < 1.29 is 4.79 Å².